The molecular formula is C13H16N2O. The normalized spacial score (nSPS) is 18.6. The van der Waals surface area contributed by atoms with Gasteiger partial charge in [0, 0.05) is 6.54 Å². The van der Waals surface area contributed by atoms with Crippen LogP contribution in [-0.4, -0.2) is 11.5 Å². The fourth-order valence-corrected chi connectivity index (χ4v) is 2.42. The molecule has 1 aliphatic carbocycles. The number of benzene rings is 1. The van der Waals surface area contributed by atoms with Crippen molar-refractivity contribution in [1.82, 2.24) is 4.98 Å². The van der Waals surface area contributed by atoms with Crippen LogP contribution in [0.25, 0.3) is 11.1 Å². The Morgan fingerprint density at radius 1 is 1.44 bits per heavy atom. The predicted octanol–water partition coefficient (Wildman–Crippen LogP) is 2.52. The molecule has 1 aliphatic rings. The molecular weight excluding hydrogens is 200 g/mol. The van der Waals surface area contributed by atoms with E-state index >= 15 is 0 Å². The van der Waals surface area contributed by atoms with Gasteiger partial charge in [-0.05, 0) is 31.4 Å². The van der Waals surface area contributed by atoms with Crippen molar-refractivity contribution in [2.45, 2.75) is 31.6 Å². The maximum atomic E-state index is 5.86. The summed E-state index contributed by atoms with van der Waals surface area (Å²) in [5, 5.41) is 0. The van der Waals surface area contributed by atoms with E-state index in [0.29, 0.717) is 6.54 Å². The van der Waals surface area contributed by atoms with Gasteiger partial charge >= 0.3 is 0 Å². The first-order chi connectivity index (χ1) is 7.75. The van der Waals surface area contributed by atoms with Gasteiger partial charge < -0.3 is 10.2 Å². The summed E-state index contributed by atoms with van der Waals surface area (Å²) in [6.07, 6.45) is 3.44. The Labute approximate surface area is 94.7 Å². The van der Waals surface area contributed by atoms with Crippen LogP contribution < -0.4 is 5.73 Å². The van der Waals surface area contributed by atoms with Crippen LogP contribution in [0.1, 0.15) is 30.7 Å². The van der Waals surface area contributed by atoms with Crippen molar-refractivity contribution in [3.8, 4) is 0 Å². The molecule has 0 atom stereocenters. The van der Waals surface area contributed by atoms with Crippen LogP contribution in [0.2, 0.25) is 0 Å². The highest BCUT2D eigenvalue weighted by Gasteiger charge is 2.41. The lowest BCUT2D eigenvalue weighted by atomic mass is 9.69. The maximum Gasteiger partial charge on any atom is 0.202 e. The molecule has 2 aromatic rings. The minimum absolute atomic E-state index is 0.0193. The van der Waals surface area contributed by atoms with Gasteiger partial charge in [-0.25, -0.2) is 4.98 Å². The zero-order valence-electron chi connectivity index (χ0n) is 9.49. The van der Waals surface area contributed by atoms with Crippen molar-refractivity contribution in [3.63, 3.8) is 0 Å². The van der Waals surface area contributed by atoms with Gasteiger partial charge in [0.05, 0.1) is 5.41 Å². The van der Waals surface area contributed by atoms with Gasteiger partial charge in [-0.15, -0.1) is 0 Å². The second-order valence-corrected chi connectivity index (χ2v) is 4.78. The van der Waals surface area contributed by atoms with Crippen LogP contribution in [0.5, 0.6) is 0 Å². The zero-order chi connectivity index (χ0) is 11.2. The summed E-state index contributed by atoms with van der Waals surface area (Å²) in [4.78, 5) is 4.63. The number of aryl methyl sites for hydroxylation is 1. The predicted molar refractivity (Wildman–Crippen MR) is 63.3 cm³/mol. The van der Waals surface area contributed by atoms with Crippen molar-refractivity contribution >= 4 is 11.1 Å². The minimum atomic E-state index is 0.0193. The molecule has 0 saturated heterocycles. The summed E-state index contributed by atoms with van der Waals surface area (Å²) in [5.74, 6) is 0.838. The number of aromatic nitrogens is 1. The molecule has 0 unspecified atom stereocenters. The average Bonchev–Trinajstić information content (AvgIpc) is 2.62. The van der Waals surface area contributed by atoms with Gasteiger partial charge in [0.15, 0.2) is 5.58 Å². The second kappa shape index (κ2) is 3.32. The van der Waals surface area contributed by atoms with E-state index in [4.69, 9.17) is 10.2 Å². The zero-order valence-corrected chi connectivity index (χ0v) is 9.49. The van der Waals surface area contributed by atoms with Gasteiger partial charge in [0.1, 0.15) is 5.52 Å². The van der Waals surface area contributed by atoms with E-state index in [-0.39, 0.29) is 5.41 Å². The Bertz CT molecular complexity index is 520. The Hall–Kier alpha value is -1.35. The number of nitrogens with zero attached hydrogens (tertiary/aromatic N) is 1. The van der Waals surface area contributed by atoms with Crippen LogP contribution in [0, 0.1) is 6.92 Å². The monoisotopic (exact) mass is 216 g/mol. The van der Waals surface area contributed by atoms with E-state index in [2.05, 4.69) is 18.0 Å². The number of hydrogen-bond donors (Lipinski definition) is 1. The first-order valence-corrected chi connectivity index (χ1v) is 5.82. The Morgan fingerprint density at radius 2 is 2.25 bits per heavy atom. The molecule has 0 aliphatic heterocycles. The molecule has 3 rings (SSSR count). The third-order valence-corrected chi connectivity index (χ3v) is 3.78. The Balaban J connectivity index is 2.15. The van der Waals surface area contributed by atoms with Crippen molar-refractivity contribution in [2.24, 2.45) is 5.73 Å². The van der Waals surface area contributed by atoms with Crippen LogP contribution in [-0.2, 0) is 5.41 Å². The number of rotatable bonds is 2. The van der Waals surface area contributed by atoms with Gasteiger partial charge in [-0.3, -0.25) is 0 Å². The molecule has 1 saturated carbocycles. The lowest BCUT2D eigenvalue weighted by molar-refractivity contribution is 0.203. The van der Waals surface area contributed by atoms with Crippen molar-refractivity contribution in [2.75, 3.05) is 6.54 Å². The number of hydrogen-bond acceptors (Lipinski definition) is 3. The summed E-state index contributed by atoms with van der Waals surface area (Å²) >= 11 is 0. The highest BCUT2D eigenvalue weighted by atomic mass is 16.3. The van der Waals surface area contributed by atoms with Crippen molar-refractivity contribution < 1.29 is 4.42 Å². The standard InChI is InChI=1S/C13H16N2O/c1-9-4-2-5-10-11(9)15-12(16-10)13(8-14)6-3-7-13/h2,4-5H,3,6-8,14H2,1H3. The molecule has 0 spiro atoms. The van der Waals surface area contributed by atoms with Crippen LogP contribution in [0.4, 0.5) is 0 Å². The van der Waals surface area contributed by atoms with E-state index in [1.807, 2.05) is 12.1 Å². The van der Waals surface area contributed by atoms with Crippen LogP contribution >= 0.6 is 0 Å². The molecule has 84 valence electrons. The van der Waals surface area contributed by atoms with Gasteiger partial charge in [-0.1, -0.05) is 18.6 Å². The molecule has 0 radical (unpaired) electrons. The topological polar surface area (TPSA) is 52.0 Å². The lowest BCUT2D eigenvalue weighted by Gasteiger charge is -2.37. The lowest BCUT2D eigenvalue weighted by Crippen LogP contribution is -2.41. The Kier molecular flexibility index (Phi) is 2.04. The number of nitrogens with two attached hydrogens (primary N) is 1. The average molecular weight is 216 g/mol. The second-order valence-electron chi connectivity index (χ2n) is 4.78. The number of para-hydroxylation sites is 1. The summed E-state index contributed by atoms with van der Waals surface area (Å²) in [6, 6.07) is 6.04. The van der Waals surface area contributed by atoms with E-state index < -0.39 is 0 Å². The van der Waals surface area contributed by atoms with E-state index in [0.717, 1.165) is 29.8 Å². The number of fused-ring (bicyclic) bond motifs is 1. The minimum Gasteiger partial charge on any atom is -0.440 e. The molecule has 1 aromatic heterocycles. The fourth-order valence-electron chi connectivity index (χ4n) is 2.42. The third kappa shape index (κ3) is 1.21. The van der Waals surface area contributed by atoms with E-state index in [9.17, 15) is 0 Å². The summed E-state index contributed by atoms with van der Waals surface area (Å²) in [5.41, 5.74) is 8.91. The molecule has 16 heavy (non-hydrogen) atoms. The highest BCUT2D eigenvalue weighted by molar-refractivity contribution is 5.76. The molecule has 1 fully saturated rings. The first kappa shape index (κ1) is 9.85. The van der Waals surface area contributed by atoms with Crippen LogP contribution in [0.15, 0.2) is 22.6 Å². The van der Waals surface area contributed by atoms with E-state index in [1.165, 1.54) is 12.0 Å². The van der Waals surface area contributed by atoms with Gasteiger partial charge in [-0.2, -0.15) is 0 Å². The molecule has 0 amide bonds. The largest absolute Gasteiger partial charge is 0.440 e. The molecule has 0 bridgehead atoms. The van der Waals surface area contributed by atoms with Crippen molar-refractivity contribution in [1.29, 1.82) is 0 Å². The van der Waals surface area contributed by atoms with Gasteiger partial charge in [0.2, 0.25) is 5.89 Å². The van der Waals surface area contributed by atoms with Crippen LogP contribution in [0.3, 0.4) is 0 Å². The third-order valence-electron chi connectivity index (χ3n) is 3.78. The Morgan fingerprint density at radius 3 is 2.81 bits per heavy atom. The first-order valence-electron chi connectivity index (χ1n) is 5.82. The molecule has 3 nitrogen and oxygen atoms in total. The maximum absolute atomic E-state index is 5.86. The smallest absolute Gasteiger partial charge is 0.202 e. The quantitative estimate of drug-likeness (QED) is 0.839. The summed E-state index contributed by atoms with van der Waals surface area (Å²) in [7, 11) is 0. The fraction of sp³-hybridized carbons (Fsp3) is 0.462. The highest BCUT2D eigenvalue weighted by Crippen LogP contribution is 2.43. The SMILES string of the molecule is Cc1cccc2oc(C3(CN)CCC3)nc12. The molecule has 3 heteroatoms. The van der Waals surface area contributed by atoms with E-state index in [1.54, 1.807) is 0 Å². The van der Waals surface area contributed by atoms with Crippen molar-refractivity contribution in [3.05, 3.63) is 29.7 Å². The van der Waals surface area contributed by atoms with Gasteiger partial charge in [0.25, 0.3) is 0 Å². The molecule has 1 aromatic carbocycles. The summed E-state index contributed by atoms with van der Waals surface area (Å²) < 4.78 is 5.86. The summed E-state index contributed by atoms with van der Waals surface area (Å²) in [6.45, 7) is 2.70. The number of oxazole rings is 1. The molecule has 2 N–H and O–H groups in total. The molecule has 1 heterocycles.